The van der Waals surface area contributed by atoms with Gasteiger partial charge in [-0.1, -0.05) is 6.42 Å². The van der Waals surface area contributed by atoms with Crippen LogP contribution in [0.15, 0.2) is 5.38 Å². The van der Waals surface area contributed by atoms with Crippen LogP contribution in [0.5, 0.6) is 0 Å². The zero-order chi connectivity index (χ0) is 12.8. The average Bonchev–Trinajstić information content (AvgIpc) is 2.64. The summed E-state index contributed by atoms with van der Waals surface area (Å²) in [6, 6.07) is 0. The van der Waals surface area contributed by atoms with E-state index in [4.69, 9.17) is 4.74 Å². The molecule has 1 heterocycles. The molecule has 0 fully saturated rings. The quantitative estimate of drug-likeness (QED) is 0.658. The number of aryl methyl sites for hydroxylation is 1. The van der Waals surface area contributed by atoms with E-state index in [2.05, 4.69) is 5.32 Å². The third-order valence-corrected chi connectivity index (χ3v) is 4.46. The molecule has 1 amide bonds. The van der Waals surface area contributed by atoms with Crippen molar-refractivity contribution in [2.24, 2.45) is 0 Å². The minimum atomic E-state index is 0.0884. The molecule has 18 heavy (non-hydrogen) atoms. The Hall–Kier alpha value is -0.870. The minimum absolute atomic E-state index is 0.0884. The van der Waals surface area contributed by atoms with Gasteiger partial charge in [-0.2, -0.15) is 0 Å². The van der Waals surface area contributed by atoms with Gasteiger partial charge in [0.2, 0.25) is 0 Å². The van der Waals surface area contributed by atoms with Crippen LogP contribution in [0.25, 0.3) is 0 Å². The zero-order valence-corrected chi connectivity index (χ0v) is 11.8. The monoisotopic (exact) mass is 267 g/mol. The van der Waals surface area contributed by atoms with Gasteiger partial charge in [-0.3, -0.25) is 4.79 Å². The van der Waals surface area contributed by atoms with E-state index in [1.807, 2.05) is 5.38 Å². The fourth-order valence-electron chi connectivity index (χ4n) is 2.37. The molecule has 0 atom stereocenters. The molecule has 100 valence electrons. The smallest absolute Gasteiger partial charge is 0.252 e. The van der Waals surface area contributed by atoms with Gasteiger partial charge >= 0.3 is 0 Å². The van der Waals surface area contributed by atoms with Gasteiger partial charge in [0.05, 0.1) is 5.56 Å². The van der Waals surface area contributed by atoms with Crippen molar-refractivity contribution in [1.82, 2.24) is 5.32 Å². The third-order valence-electron chi connectivity index (χ3n) is 3.37. The number of methoxy groups -OCH3 is 1. The van der Waals surface area contributed by atoms with E-state index >= 15 is 0 Å². The lowest BCUT2D eigenvalue weighted by Crippen LogP contribution is -2.25. The number of amides is 1. The number of carbonyl (C=O) groups excluding carboxylic acids is 1. The predicted molar refractivity (Wildman–Crippen MR) is 74.4 cm³/mol. The first-order valence-electron chi connectivity index (χ1n) is 6.69. The number of carbonyl (C=O) groups is 1. The predicted octanol–water partition coefficient (Wildman–Crippen LogP) is 2.78. The molecule has 1 N–H and O–H groups in total. The van der Waals surface area contributed by atoms with Gasteiger partial charge in [-0.05, 0) is 37.7 Å². The molecule has 1 aromatic heterocycles. The number of rotatable bonds is 5. The molecule has 4 heteroatoms. The van der Waals surface area contributed by atoms with Gasteiger partial charge < -0.3 is 10.1 Å². The maximum absolute atomic E-state index is 12.1. The van der Waals surface area contributed by atoms with Crippen molar-refractivity contribution in [2.45, 2.75) is 38.5 Å². The number of nitrogens with one attached hydrogen (secondary N) is 1. The van der Waals surface area contributed by atoms with Crippen molar-refractivity contribution in [2.75, 3.05) is 20.3 Å². The highest BCUT2D eigenvalue weighted by molar-refractivity contribution is 7.10. The van der Waals surface area contributed by atoms with Crippen molar-refractivity contribution >= 4 is 17.2 Å². The third kappa shape index (κ3) is 3.33. The number of ether oxygens (including phenoxy) is 1. The number of hydrogen-bond donors (Lipinski definition) is 1. The van der Waals surface area contributed by atoms with E-state index in [0.717, 1.165) is 24.8 Å². The first-order chi connectivity index (χ1) is 8.83. The van der Waals surface area contributed by atoms with Crippen LogP contribution in [0, 0.1) is 0 Å². The molecule has 0 aliphatic heterocycles. The Morgan fingerprint density at radius 1 is 1.39 bits per heavy atom. The van der Waals surface area contributed by atoms with Crippen molar-refractivity contribution in [3.8, 4) is 0 Å². The standard InChI is InChI=1S/C14H21NO2S/c1-17-9-5-8-15-14(16)12-10-18-13-7-4-2-3-6-11(12)13/h10H,2-9H2,1H3,(H,15,16). The highest BCUT2D eigenvalue weighted by Gasteiger charge is 2.18. The molecule has 1 aromatic rings. The van der Waals surface area contributed by atoms with Crippen LogP contribution in [-0.4, -0.2) is 26.2 Å². The van der Waals surface area contributed by atoms with Gasteiger partial charge in [0.15, 0.2) is 0 Å². The lowest BCUT2D eigenvalue weighted by Gasteiger charge is -2.06. The van der Waals surface area contributed by atoms with Crippen LogP contribution in [0.1, 0.15) is 46.5 Å². The molecule has 2 rings (SSSR count). The molecule has 1 aliphatic rings. The normalized spacial score (nSPS) is 14.9. The second kappa shape index (κ2) is 6.90. The fourth-order valence-corrected chi connectivity index (χ4v) is 3.50. The van der Waals surface area contributed by atoms with Crippen LogP contribution in [0.3, 0.4) is 0 Å². The van der Waals surface area contributed by atoms with Crippen molar-refractivity contribution in [1.29, 1.82) is 0 Å². The van der Waals surface area contributed by atoms with Crippen molar-refractivity contribution in [3.63, 3.8) is 0 Å². The van der Waals surface area contributed by atoms with Crippen LogP contribution >= 0.6 is 11.3 Å². The lowest BCUT2D eigenvalue weighted by molar-refractivity contribution is 0.0948. The largest absolute Gasteiger partial charge is 0.385 e. The Bertz CT molecular complexity index is 400. The van der Waals surface area contributed by atoms with E-state index in [9.17, 15) is 4.79 Å². The van der Waals surface area contributed by atoms with Crippen LogP contribution in [0.2, 0.25) is 0 Å². The highest BCUT2D eigenvalue weighted by Crippen LogP contribution is 2.29. The van der Waals surface area contributed by atoms with E-state index in [0.29, 0.717) is 13.2 Å². The summed E-state index contributed by atoms with van der Waals surface area (Å²) >= 11 is 1.75. The molecule has 0 bridgehead atoms. The molecular formula is C14H21NO2S. The van der Waals surface area contributed by atoms with Crippen LogP contribution in [0.4, 0.5) is 0 Å². The van der Waals surface area contributed by atoms with Crippen LogP contribution in [-0.2, 0) is 17.6 Å². The Morgan fingerprint density at radius 3 is 3.06 bits per heavy atom. The van der Waals surface area contributed by atoms with E-state index in [-0.39, 0.29) is 5.91 Å². The Balaban J connectivity index is 1.95. The summed E-state index contributed by atoms with van der Waals surface area (Å²) in [6.07, 6.45) is 6.86. The summed E-state index contributed by atoms with van der Waals surface area (Å²) in [5, 5.41) is 5.01. The number of thiophene rings is 1. The molecule has 1 aliphatic carbocycles. The zero-order valence-electron chi connectivity index (χ0n) is 11.0. The second-order valence-electron chi connectivity index (χ2n) is 4.71. The SMILES string of the molecule is COCCCNC(=O)c1csc2c1CCCCC2. The number of fused-ring (bicyclic) bond motifs is 1. The minimum Gasteiger partial charge on any atom is -0.385 e. The summed E-state index contributed by atoms with van der Waals surface area (Å²) in [7, 11) is 1.68. The Kier molecular flexibility index (Phi) is 5.20. The fraction of sp³-hybridized carbons (Fsp3) is 0.643. The first kappa shape index (κ1) is 13.6. The van der Waals surface area contributed by atoms with Crippen LogP contribution < -0.4 is 5.32 Å². The molecule has 0 radical (unpaired) electrons. The Labute approximate surface area is 113 Å². The first-order valence-corrected chi connectivity index (χ1v) is 7.57. The summed E-state index contributed by atoms with van der Waals surface area (Å²) in [5.41, 5.74) is 2.22. The van der Waals surface area contributed by atoms with Gasteiger partial charge in [0.1, 0.15) is 0 Å². The molecule has 3 nitrogen and oxygen atoms in total. The topological polar surface area (TPSA) is 38.3 Å². The van der Waals surface area contributed by atoms with E-state index < -0.39 is 0 Å². The number of hydrogen-bond acceptors (Lipinski definition) is 3. The molecule has 0 aromatic carbocycles. The second-order valence-corrected chi connectivity index (χ2v) is 5.68. The van der Waals surface area contributed by atoms with Crippen molar-refractivity contribution in [3.05, 3.63) is 21.4 Å². The Morgan fingerprint density at radius 2 is 2.22 bits per heavy atom. The molecule has 0 spiro atoms. The lowest BCUT2D eigenvalue weighted by atomic mass is 10.1. The molecule has 0 unspecified atom stereocenters. The van der Waals surface area contributed by atoms with Crippen molar-refractivity contribution < 1.29 is 9.53 Å². The van der Waals surface area contributed by atoms with Gasteiger partial charge in [0, 0.05) is 30.5 Å². The summed E-state index contributed by atoms with van der Waals surface area (Å²) in [6.45, 7) is 1.39. The van der Waals surface area contributed by atoms with Gasteiger partial charge in [0.25, 0.3) is 5.91 Å². The maximum Gasteiger partial charge on any atom is 0.252 e. The molecule has 0 saturated heterocycles. The summed E-state index contributed by atoms with van der Waals surface area (Å²) in [4.78, 5) is 13.5. The highest BCUT2D eigenvalue weighted by atomic mass is 32.1. The molecule has 0 saturated carbocycles. The average molecular weight is 267 g/mol. The van der Waals surface area contributed by atoms with Gasteiger partial charge in [-0.25, -0.2) is 0 Å². The summed E-state index contributed by atoms with van der Waals surface area (Å²) in [5.74, 6) is 0.0884. The van der Waals surface area contributed by atoms with E-state index in [1.54, 1.807) is 18.4 Å². The molecular weight excluding hydrogens is 246 g/mol. The van der Waals surface area contributed by atoms with E-state index in [1.165, 1.54) is 29.7 Å². The summed E-state index contributed by atoms with van der Waals surface area (Å²) < 4.78 is 4.97. The maximum atomic E-state index is 12.1. The van der Waals surface area contributed by atoms with Gasteiger partial charge in [-0.15, -0.1) is 11.3 Å².